The average molecular weight is 376 g/mol. The molecule has 5 nitrogen and oxygen atoms in total. The molecule has 1 aliphatic carbocycles. The van der Waals surface area contributed by atoms with Gasteiger partial charge in [-0.15, -0.1) is 0 Å². The fourth-order valence-electron chi connectivity index (χ4n) is 4.89. The smallest absolute Gasteiger partial charge is 0.335 e. The van der Waals surface area contributed by atoms with Gasteiger partial charge in [-0.05, 0) is 55.0 Å². The molecule has 0 amide bonds. The lowest BCUT2D eigenvalue weighted by molar-refractivity contribution is 0.0697. The molecular formula is C23H24N2O3. The second-order valence-corrected chi connectivity index (χ2v) is 7.84. The van der Waals surface area contributed by atoms with E-state index in [0.717, 1.165) is 35.6 Å². The molecule has 0 spiro atoms. The SMILES string of the molecule is O=C(O)c1ccc2c(C3CCCCC3)c3n(c2c1)CCCOc1cccnc1-3. The van der Waals surface area contributed by atoms with E-state index in [2.05, 4.69) is 4.57 Å². The highest BCUT2D eigenvalue weighted by Gasteiger charge is 2.29. The van der Waals surface area contributed by atoms with Gasteiger partial charge in [-0.3, -0.25) is 4.98 Å². The minimum Gasteiger partial charge on any atom is -0.491 e. The first kappa shape index (κ1) is 17.3. The fourth-order valence-corrected chi connectivity index (χ4v) is 4.89. The van der Waals surface area contributed by atoms with E-state index >= 15 is 0 Å². The molecule has 1 fully saturated rings. The number of nitrogens with zero attached hydrogens (tertiary/aromatic N) is 2. The number of benzene rings is 1. The molecule has 5 rings (SSSR count). The summed E-state index contributed by atoms with van der Waals surface area (Å²) < 4.78 is 8.31. The average Bonchev–Trinajstić information content (AvgIpc) is 3.03. The van der Waals surface area contributed by atoms with E-state index in [0.29, 0.717) is 18.1 Å². The van der Waals surface area contributed by atoms with Crippen LogP contribution in [0.25, 0.3) is 22.3 Å². The largest absolute Gasteiger partial charge is 0.491 e. The summed E-state index contributed by atoms with van der Waals surface area (Å²) in [6.45, 7) is 1.44. The van der Waals surface area contributed by atoms with Gasteiger partial charge < -0.3 is 14.4 Å². The molecule has 2 aliphatic rings. The zero-order valence-electron chi connectivity index (χ0n) is 15.9. The van der Waals surface area contributed by atoms with Crippen molar-refractivity contribution in [2.75, 3.05) is 6.61 Å². The first-order chi connectivity index (χ1) is 13.7. The van der Waals surface area contributed by atoms with Crippen LogP contribution in [0.5, 0.6) is 5.75 Å². The number of aromatic nitrogens is 2. The van der Waals surface area contributed by atoms with E-state index < -0.39 is 5.97 Å². The van der Waals surface area contributed by atoms with Crippen LogP contribution in [0.3, 0.4) is 0 Å². The number of carboxylic acids is 1. The van der Waals surface area contributed by atoms with E-state index in [9.17, 15) is 9.90 Å². The van der Waals surface area contributed by atoms with Crippen molar-refractivity contribution in [3.05, 3.63) is 47.7 Å². The molecule has 0 bridgehead atoms. The van der Waals surface area contributed by atoms with Crippen molar-refractivity contribution < 1.29 is 14.6 Å². The van der Waals surface area contributed by atoms with Crippen LogP contribution in [0.1, 0.15) is 60.4 Å². The molecule has 5 heteroatoms. The molecular weight excluding hydrogens is 352 g/mol. The predicted octanol–water partition coefficient (Wildman–Crippen LogP) is 5.23. The van der Waals surface area contributed by atoms with Gasteiger partial charge in [0.2, 0.25) is 0 Å². The molecule has 3 heterocycles. The number of pyridine rings is 1. The Bertz CT molecular complexity index is 1050. The lowest BCUT2D eigenvalue weighted by atomic mass is 9.82. The summed E-state index contributed by atoms with van der Waals surface area (Å²) >= 11 is 0. The van der Waals surface area contributed by atoms with E-state index in [1.54, 1.807) is 6.07 Å². The summed E-state index contributed by atoms with van der Waals surface area (Å²) in [6, 6.07) is 9.47. The number of carboxylic acid groups (broad SMARTS) is 1. The summed E-state index contributed by atoms with van der Waals surface area (Å²) in [7, 11) is 0. The maximum Gasteiger partial charge on any atom is 0.335 e. The molecule has 1 N–H and O–H groups in total. The Hall–Kier alpha value is -2.82. The quantitative estimate of drug-likeness (QED) is 0.665. The van der Waals surface area contributed by atoms with Gasteiger partial charge in [-0.1, -0.05) is 25.3 Å². The number of carbonyl (C=O) groups is 1. The Morgan fingerprint density at radius 2 is 2.00 bits per heavy atom. The van der Waals surface area contributed by atoms with Crippen molar-refractivity contribution in [3.63, 3.8) is 0 Å². The zero-order valence-corrected chi connectivity index (χ0v) is 15.9. The monoisotopic (exact) mass is 376 g/mol. The Balaban J connectivity index is 1.84. The number of aromatic carboxylic acids is 1. The van der Waals surface area contributed by atoms with Gasteiger partial charge in [0, 0.05) is 23.6 Å². The number of hydrogen-bond acceptors (Lipinski definition) is 3. The fraction of sp³-hybridized carbons (Fsp3) is 0.391. The Kier molecular flexibility index (Phi) is 4.30. The van der Waals surface area contributed by atoms with Crippen LogP contribution in [0.15, 0.2) is 36.5 Å². The van der Waals surface area contributed by atoms with E-state index in [4.69, 9.17) is 9.72 Å². The van der Waals surface area contributed by atoms with Gasteiger partial charge in [0.15, 0.2) is 0 Å². The standard InChI is InChI=1S/C23H24N2O3/c26-23(27)16-9-10-17-18(14-16)25-12-5-13-28-19-8-4-11-24-21(19)22(25)20(17)15-6-2-1-3-7-15/h4,8-11,14-15H,1-3,5-7,12-13H2,(H,26,27). The minimum atomic E-state index is -0.885. The van der Waals surface area contributed by atoms with E-state index in [1.807, 2.05) is 30.5 Å². The van der Waals surface area contributed by atoms with Crippen LogP contribution < -0.4 is 4.74 Å². The first-order valence-corrected chi connectivity index (χ1v) is 10.2. The molecule has 28 heavy (non-hydrogen) atoms. The van der Waals surface area contributed by atoms with Gasteiger partial charge >= 0.3 is 5.97 Å². The van der Waals surface area contributed by atoms with Crippen LogP contribution in [0.4, 0.5) is 0 Å². The van der Waals surface area contributed by atoms with Crippen LogP contribution in [-0.4, -0.2) is 27.2 Å². The molecule has 0 radical (unpaired) electrons. The van der Waals surface area contributed by atoms with Crippen LogP contribution >= 0.6 is 0 Å². The summed E-state index contributed by atoms with van der Waals surface area (Å²) in [5, 5.41) is 10.7. The molecule has 0 saturated heterocycles. The van der Waals surface area contributed by atoms with Crippen LogP contribution in [0, 0.1) is 0 Å². The van der Waals surface area contributed by atoms with Crippen molar-refractivity contribution in [3.8, 4) is 17.1 Å². The Morgan fingerprint density at radius 1 is 1.14 bits per heavy atom. The van der Waals surface area contributed by atoms with Gasteiger partial charge in [0.05, 0.1) is 17.9 Å². The highest BCUT2D eigenvalue weighted by molar-refractivity contribution is 5.98. The summed E-state index contributed by atoms with van der Waals surface area (Å²) in [5.74, 6) is 0.420. The third-order valence-corrected chi connectivity index (χ3v) is 6.14. The topological polar surface area (TPSA) is 64.3 Å². The van der Waals surface area contributed by atoms with Crippen molar-refractivity contribution >= 4 is 16.9 Å². The number of fused-ring (bicyclic) bond motifs is 5. The van der Waals surface area contributed by atoms with Gasteiger partial charge in [0.1, 0.15) is 11.4 Å². The molecule has 1 aromatic carbocycles. The molecule has 3 aromatic rings. The van der Waals surface area contributed by atoms with Gasteiger partial charge in [0.25, 0.3) is 0 Å². The molecule has 144 valence electrons. The zero-order chi connectivity index (χ0) is 19.1. The lowest BCUT2D eigenvalue weighted by Gasteiger charge is -2.25. The molecule has 1 saturated carbocycles. The maximum absolute atomic E-state index is 11.6. The van der Waals surface area contributed by atoms with E-state index in [-0.39, 0.29) is 0 Å². The van der Waals surface area contributed by atoms with Gasteiger partial charge in [-0.2, -0.15) is 0 Å². The van der Waals surface area contributed by atoms with Crippen LogP contribution in [-0.2, 0) is 6.54 Å². The summed E-state index contributed by atoms with van der Waals surface area (Å²) in [5.41, 5.74) is 4.68. The highest BCUT2D eigenvalue weighted by atomic mass is 16.5. The van der Waals surface area contributed by atoms with Gasteiger partial charge in [-0.25, -0.2) is 4.79 Å². The third-order valence-electron chi connectivity index (χ3n) is 6.14. The molecule has 0 unspecified atom stereocenters. The minimum absolute atomic E-state index is 0.336. The number of ether oxygens (including phenoxy) is 1. The number of hydrogen-bond donors (Lipinski definition) is 1. The van der Waals surface area contributed by atoms with Crippen LogP contribution in [0.2, 0.25) is 0 Å². The first-order valence-electron chi connectivity index (χ1n) is 10.2. The Labute approximate surface area is 164 Å². The second-order valence-electron chi connectivity index (χ2n) is 7.84. The Morgan fingerprint density at radius 3 is 2.82 bits per heavy atom. The predicted molar refractivity (Wildman–Crippen MR) is 108 cm³/mol. The highest BCUT2D eigenvalue weighted by Crippen LogP contribution is 2.46. The van der Waals surface area contributed by atoms with Crippen molar-refractivity contribution in [1.82, 2.24) is 9.55 Å². The molecule has 1 aliphatic heterocycles. The molecule has 2 aromatic heterocycles. The lowest BCUT2D eigenvalue weighted by Crippen LogP contribution is -2.13. The number of rotatable bonds is 2. The summed E-state index contributed by atoms with van der Waals surface area (Å²) in [4.78, 5) is 16.3. The maximum atomic E-state index is 11.6. The van der Waals surface area contributed by atoms with Crippen molar-refractivity contribution in [2.45, 2.75) is 51.0 Å². The third kappa shape index (κ3) is 2.77. The normalized spacial score (nSPS) is 17.3. The number of aryl methyl sites for hydroxylation is 1. The summed E-state index contributed by atoms with van der Waals surface area (Å²) in [6.07, 6.45) is 8.84. The van der Waals surface area contributed by atoms with Crippen molar-refractivity contribution in [2.24, 2.45) is 0 Å². The second kappa shape index (κ2) is 6.97. The molecule has 0 atom stereocenters. The van der Waals surface area contributed by atoms with Crippen molar-refractivity contribution in [1.29, 1.82) is 0 Å². The van der Waals surface area contributed by atoms with E-state index in [1.165, 1.54) is 43.1 Å².